The van der Waals surface area contributed by atoms with Crippen LogP contribution in [0.15, 0.2) is 73.1 Å². The van der Waals surface area contributed by atoms with Gasteiger partial charge in [0.15, 0.2) is 5.69 Å². The first-order valence-electron chi connectivity index (χ1n) is 13.9. The molecule has 5 rings (SSSR count). The van der Waals surface area contributed by atoms with Crippen LogP contribution in [-0.4, -0.2) is 47.1 Å². The number of hydrogen-bond acceptors (Lipinski definition) is 6. The van der Waals surface area contributed by atoms with E-state index in [2.05, 4.69) is 25.5 Å². The molecule has 0 bridgehead atoms. The molecule has 8 nitrogen and oxygen atoms in total. The monoisotopic (exact) mass is 579 g/mol. The molecule has 2 amide bonds. The maximum absolute atomic E-state index is 12.7. The van der Waals surface area contributed by atoms with Gasteiger partial charge in [0.25, 0.3) is 0 Å². The zero-order valence-electron chi connectivity index (χ0n) is 23.0. The summed E-state index contributed by atoms with van der Waals surface area (Å²) in [5.41, 5.74) is 0.660. The molecule has 220 valence electrons. The van der Waals surface area contributed by atoms with Crippen LogP contribution in [0, 0.1) is 0 Å². The fraction of sp³-hybridized carbons (Fsp3) is 0.323. The predicted octanol–water partition coefficient (Wildman–Crippen LogP) is 6.41. The number of likely N-dealkylation sites (tertiary alicyclic amines) is 1. The molecule has 42 heavy (non-hydrogen) atoms. The van der Waals surface area contributed by atoms with E-state index in [4.69, 9.17) is 9.47 Å². The van der Waals surface area contributed by atoms with Gasteiger partial charge in [0.1, 0.15) is 24.7 Å². The van der Waals surface area contributed by atoms with Crippen LogP contribution in [0.4, 0.5) is 23.7 Å². The Morgan fingerprint density at radius 1 is 0.881 bits per heavy atom. The van der Waals surface area contributed by atoms with E-state index in [1.807, 2.05) is 48.5 Å². The normalized spacial score (nSPS) is 14.0. The lowest BCUT2D eigenvalue weighted by molar-refractivity contribution is -0.141. The Bertz CT molecular complexity index is 1470. The van der Waals surface area contributed by atoms with Crippen LogP contribution in [0.3, 0.4) is 0 Å². The number of rotatable bonds is 10. The first-order chi connectivity index (χ1) is 20.3. The molecular weight excluding hydrogens is 547 g/mol. The van der Waals surface area contributed by atoms with Crippen molar-refractivity contribution in [3.8, 4) is 11.5 Å². The first-order valence-corrected chi connectivity index (χ1v) is 13.9. The zero-order chi connectivity index (χ0) is 29.4. The minimum atomic E-state index is -4.57. The Labute approximate surface area is 241 Å². The fourth-order valence-corrected chi connectivity index (χ4v) is 4.75. The second kappa shape index (κ2) is 13.5. The number of piperidine rings is 1. The van der Waals surface area contributed by atoms with E-state index in [1.165, 1.54) is 19.3 Å². The summed E-state index contributed by atoms with van der Waals surface area (Å²) < 4.78 is 50.1. The molecule has 0 saturated carbocycles. The SMILES string of the molecule is O=C(NCc1cnc(C(F)(F)F)cn1)Nc1ccc(OCc2ccc(OCCN3CCCCC3)cc2)c2ccccc12. The summed E-state index contributed by atoms with van der Waals surface area (Å²) in [6.45, 7) is 4.19. The third-order valence-corrected chi connectivity index (χ3v) is 7.00. The van der Waals surface area contributed by atoms with Crippen molar-refractivity contribution in [2.45, 2.75) is 38.6 Å². The van der Waals surface area contributed by atoms with E-state index >= 15 is 0 Å². The Morgan fingerprint density at radius 3 is 2.36 bits per heavy atom. The second-order valence-corrected chi connectivity index (χ2v) is 10.0. The molecule has 3 aromatic carbocycles. The summed E-state index contributed by atoms with van der Waals surface area (Å²) in [6.07, 6.45) is 0.913. The molecule has 0 spiro atoms. The first kappa shape index (κ1) is 29.1. The van der Waals surface area contributed by atoms with Gasteiger partial charge < -0.3 is 20.1 Å². The van der Waals surface area contributed by atoms with E-state index in [0.717, 1.165) is 47.9 Å². The van der Waals surface area contributed by atoms with E-state index < -0.39 is 17.9 Å². The number of carbonyl (C=O) groups excluding carboxylic acids is 1. The Kier molecular flexibility index (Phi) is 9.38. The number of halogens is 3. The largest absolute Gasteiger partial charge is 0.492 e. The van der Waals surface area contributed by atoms with Crippen molar-refractivity contribution in [2.75, 3.05) is 31.6 Å². The van der Waals surface area contributed by atoms with Gasteiger partial charge in [0.05, 0.1) is 30.3 Å². The average Bonchev–Trinajstić information content (AvgIpc) is 3.00. The molecule has 11 heteroatoms. The average molecular weight is 580 g/mol. The summed E-state index contributed by atoms with van der Waals surface area (Å²) in [7, 11) is 0. The summed E-state index contributed by atoms with van der Waals surface area (Å²) in [4.78, 5) is 22.0. The summed E-state index contributed by atoms with van der Waals surface area (Å²) in [5.74, 6) is 1.50. The topological polar surface area (TPSA) is 88.6 Å². The van der Waals surface area contributed by atoms with Gasteiger partial charge in [-0.15, -0.1) is 0 Å². The van der Waals surface area contributed by atoms with Crippen molar-refractivity contribution in [3.63, 3.8) is 0 Å². The van der Waals surface area contributed by atoms with Crippen molar-refractivity contribution in [2.24, 2.45) is 0 Å². The van der Waals surface area contributed by atoms with Gasteiger partial charge >= 0.3 is 12.2 Å². The summed E-state index contributed by atoms with van der Waals surface area (Å²) in [6, 6.07) is 18.4. The molecule has 1 fully saturated rings. The minimum Gasteiger partial charge on any atom is -0.492 e. The Balaban J connectivity index is 1.14. The van der Waals surface area contributed by atoms with Crippen molar-refractivity contribution in [1.82, 2.24) is 20.2 Å². The number of benzene rings is 3. The number of anilines is 1. The van der Waals surface area contributed by atoms with Gasteiger partial charge in [-0.1, -0.05) is 42.8 Å². The zero-order valence-corrected chi connectivity index (χ0v) is 23.0. The number of urea groups is 1. The maximum Gasteiger partial charge on any atom is 0.434 e. The van der Waals surface area contributed by atoms with E-state index in [9.17, 15) is 18.0 Å². The molecule has 2 N–H and O–H groups in total. The number of hydrogen-bond donors (Lipinski definition) is 2. The van der Waals surface area contributed by atoms with E-state index in [1.54, 1.807) is 12.1 Å². The number of fused-ring (bicyclic) bond motifs is 1. The number of ether oxygens (including phenoxy) is 2. The highest BCUT2D eigenvalue weighted by atomic mass is 19.4. The smallest absolute Gasteiger partial charge is 0.434 e. The van der Waals surface area contributed by atoms with Crippen molar-refractivity contribution < 1.29 is 27.4 Å². The number of carbonyl (C=O) groups is 1. The van der Waals surface area contributed by atoms with Crippen LogP contribution in [0.2, 0.25) is 0 Å². The highest BCUT2D eigenvalue weighted by Gasteiger charge is 2.32. The molecule has 1 aliphatic heterocycles. The maximum atomic E-state index is 12.7. The molecule has 0 unspecified atom stereocenters. The number of nitrogens with one attached hydrogen (secondary N) is 2. The lowest BCUT2D eigenvalue weighted by Gasteiger charge is -2.26. The highest BCUT2D eigenvalue weighted by Crippen LogP contribution is 2.32. The fourth-order valence-electron chi connectivity index (χ4n) is 4.75. The Hall–Kier alpha value is -4.38. The molecule has 2 heterocycles. The molecule has 1 aromatic heterocycles. The van der Waals surface area contributed by atoms with E-state index in [-0.39, 0.29) is 12.2 Å². The standard InChI is InChI=1S/C31H32F3N5O3/c32-31(33,34)29-20-35-23(18-36-29)19-37-30(40)38-27-12-13-28(26-7-3-2-6-25(26)27)42-21-22-8-10-24(11-9-22)41-17-16-39-14-4-1-5-15-39/h2-3,6-13,18,20H,1,4-5,14-17,19,21H2,(H2,37,38,40). The molecular formula is C31H32F3N5O3. The highest BCUT2D eigenvalue weighted by molar-refractivity contribution is 6.03. The third kappa shape index (κ3) is 7.88. The van der Waals surface area contributed by atoms with Gasteiger partial charge in [0, 0.05) is 17.3 Å². The second-order valence-electron chi connectivity index (χ2n) is 10.0. The summed E-state index contributed by atoms with van der Waals surface area (Å²) >= 11 is 0. The van der Waals surface area contributed by atoms with Crippen LogP contribution < -0.4 is 20.1 Å². The molecule has 0 atom stereocenters. The van der Waals surface area contributed by atoms with Crippen LogP contribution in [-0.2, 0) is 19.3 Å². The van der Waals surface area contributed by atoms with Crippen LogP contribution in [0.1, 0.15) is 36.2 Å². The van der Waals surface area contributed by atoms with Crippen LogP contribution in [0.5, 0.6) is 11.5 Å². The van der Waals surface area contributed by atoms with Crippen molar-refractivity contribution in [3.05, 3.63) is 90.0 Å². The minimum absolute atomic E-state index is 0.0849. The molecule has 0 aliphatic carbocycles. The number of amides is 2. The number of nitrogens with zero attached hydrogens (tertiary/aromatic N) is 3. The van der Waals surface area contributed by atoms with Gasteiger partial charge in [-0.2, -0.15) is 13.2 Å². The quantitative estimate of drug-likeness (QED) is 0.226. The van der Waals surface area contributed by atoms with Gasteiger partial charge in [0.2, 0.25) is 0 Å². The summed E-state index contributed by atoms with van der Waals surface area (Å²) in [5, 5.41) is 6.97. The van der Waals surface area contributed by atoms with Gasteiger partial charge in [-0.05, 0) is 55.8 Å². The van der Waals surface area contributed by atoms with Gasteiger partial charge in [-0.3, -0.25) is 9.88 Å². The van der Waals surface area contributed by atoms with E-state index in [0.29, 0.717) is 30.8 Å². The molecule has 1 saturated heterocycles. The van der Waals surface area contributed by atoms with Crippen molar-refractivity contribution in [1.29, 1.82) is 0 Å². The molecule has 4 aromatic rings. The lowest BCUT2D eigenvalue weighted by Crippen LogP contribution is -2.33. The van der Waals surface area contributed by atoms with Gasteiger partial charge in [-0.25, -0.2) is 9.78 Å². The van der Waals surface area contributed by atoms with Crippen molar-refractivity contribution >= 4 is 22.5 Å². The Morgan fingerprint density at radius 2 is 1.64 bits per heavy atom. The number of alkyl halides is 3. The molecule has 1 aliphatic rings. The lowest BCUT2D eigenvalue weighted by atomic mass is 10.1. The number of aromatic nitrogens is 2. The third-order valence-electron chi connectivity index (χ3n) is 7.00. The van der Waals surface area contributed by atoms with Crippen LogP contribution in [0.25, 0.3) is 10.8 Å². The molecule has 0 radical (unpaired) electrons. The van der Waals surface area contributed by atoms with Crippen LogP contribution >= 0.6 is 0 Å². The predicted molar refractivity (Wildman–Crippen MR) is 153 cm³/mol.